The molecule has 160 valence electrons. The Morgan fingerprint density at radius 3 is 2.84 bits per heavy atom. The predicted molar refractivity (Wildman–Crippen MR) is 113 cm³/mol. The summed E-state index contributed by atoms with van der Waals surface area (Å²) in [5.41, 5.74) is 1.07. The fraction of sp³-hybridized carbons (Fsp3) is 0.238. The second kappa shape index (κ2) is 9.16. The molecule has 1 aromatic carbocycles. The molecule has 3 heterocycles. The number of furan rings is 1. The van der Waals surface area contributed by atoms with Crippen LogP contribution in [0.5, 0.6) is 11.5 Å². The zero-order chi connectivity index (χ0) is 21.6. The Balaban J connectivity index is 1.42. The number of ether oxygens (including phenoxy) is 2. The lowest BCUT2D eigenvalue weighted by Gasteiger charge is -2.12. The number of aromatic nitrogens is 4. The van der Waals surface area contributed by atoms with E-state index in [0.717, 1.165) is 11.1 Å². The third kappa shape index (κ3) is 4.27. The van der Waals surface area contributed by atoms with Crippen molar-refractivity contribution < 1.29 is 18.7 Å². The maximum atomic E-state index is 12.6. The summed E-state index contributed by atoms with van der Waals surface area (Å²) >= 11 is 0. The Kier molecular flexibility index (Phi) is 5.97. The SMILES string of the molecule is COc1cccc(C(=O)NCCn2ncc3c(NCc4ccco4)ncnc32)c1OC. The van der Waals surface area contributed by atoms with Gasteiger partial charge in [-0.15, -0.1) is 0 Å². The van der Waals surface area contributed by atoms with E-state index in [0.29, 0.717) is 48.2 Å². The van der Waals surface area contributed by atoms with Crippen LogP contribution >= 0.6 is 0 Å². The van der Waals surface area contributed by atoms with Gasteiger partial charge in [-0.2, -0.15) is 5.10 Å². The molecule has 10 heteroatoms. The van der Waals surface area contributed by atoms with Gasteiger partial charge in [0.1, 0.15) is 17.9 Å². The van der Waals surface area contributed by atoms with Crippen LogP contribution in [0.3, 0.4) is 0 Å². The van der Waals surface area contributed by atoms with Crippen LogP contribution in [0.2, 0.25) is 0 Å². The smallest absolute Gasteiger partial charge is 0.255 e. The van der Waals surface area contributed by atoms with Crippen molar-refractivity contribution in [1.29, 1.82) is 0 Å². The van der Waals surface area contributed by atoms with Gasteiger partial charge in [0.05, 0.1) is 50.7 Å². The van der Waals surface area contributed by atoms with E-state index in [-0.39, 0.29) is 5.91 Å². The van der Waals surface area contributed by atoms with Crippen LogP contribution in [0, 0.1) is 0 Å². The fourth-order valence-electron chi connectivity index (χ4n) is 3.22. The molecule has 0 aliphatic heterocycles. The largest absolute Gasteiger partial charge is 0.493 e. The number of carbonyl (C=O) groups is 1. The maximum Gasteiger partial charge on any atom is 0.255 e. The number of nitrogens with one attached hydrogen (secondary N) is 2. The number of amides is 1. The highest BCUT2D eigenvalue weighted by Gasteiger charge is 2.16. The zero-order valence-electron chi connectivity index (χ0n) is 17.2. The molecule has 2 N–H and O–H groups in total. The first-order valence-electron chi connectivity index (χ1n) is 9.63. The topological polar surface area (TPSA) is 116 Å². The van der Waals surface area contributed by atoms with E-state index >= 15 is 0 Å². The van der Waals surface area contributed by atoms with Crippen molar-refractivity contribution >= 4 is 22.8 Å². The molecule has 1 amide bonds. The number of hydrogen-bond acceptors (Lipinski definition) is 8. The summed E-state index contributed by atoms with van der Waals surface area (Å²) in [6, 6.07) is 8.88. The predicted octanol–water partition coefficient (Wildman–Crippen LogP) is 2.48. The monoisotopic (exact) mass is 422 g/mol. The number of hydrogen-bond donors (Lipinski definition) is 2. The molecule has 0 radical (unpaired) electrons. The number of para-hydroxylation sites is 1. The summed E-state index contributed by atoms with van der Waals surface area (Å²) in [5.74, 6) is 2.10. The average molecular weight is 422 g/mol. The molecule has 0 unspecified atom stereocenters. The van der Waals surface area contributed by atoms with Crippen molar-refractivity contribution in [3.63, 3.8) is 0 Å². The Morgan fingerprint density at radius 1 is 1.16 bits per heavy atom. The highest BCUT2D eigenvalue weighted by atomic mass is 16.5. The Labute approximate surface area is 178 Å². The van der Waals surface area contributed by atoms with Crippen molar-refractivity contribution in [2.75, 3.05) is 26.1 Å². The highest BCUT2D eigenvalue weighted by molar-refractivity contribution is 5.97. The van der Waals surface area contributed by atoms with Crippen molar-refractivity contribution in [3.05, 3.63) is 60.4 Å². The standard InChI is InChI=1S/C21H22N6O4/c1-29-17-7-3-6-15(18(17)30-2)21(28)22-8-9-27-20-16(12-26-27)19(24-13-25-20)23-11-14-5-4-10-31-14/h3-7,10,12-13H,8-9,11H2,1-2H3,(H,22,28)(H,23,24,25). The van der Waals surface area contributed by atoms with Crippen LogP contribution in [0.15, 0.2) is 53.5 Å². The van der Waals surface area contributed by atoms with Gasteiger partial charge in [-0.25, -0.2) is 14.6 Å². The number of methoxy groups -OCH3 is 2. The summed E-state index contributed by atoms with van der Waals surface area (Å²) < 4.78 is 17.6. The lowest BCUT2D eigenvalue weighted by Crippen LogP contribution is -2.28. The van der Waals surface area contributed by atoms with Gasteiger partial charge in [-0.1, -0.05) is 6.07 Å². The quantitative estimate of drug-likeness (QED) is 0.423. The molecular formula is C21H22N6O4. The number of fused-ring (bicyclic) bond motifs is 1. The van der Waals surface area contributed by atoms with Crippen LogP contribution in [0.25, 0.3) is 11.0 Å². The summed E-state index contributed by atoms with van der Waals surface area (Å²) in [7, 11) is 3.03. The van der Waals surface area contributed by atoms with Crippen molar-refractivity contribution in [2.24, 2.45) is 0 Å². The third-order valence-corrected chi connectivity index (χ3v) is 4.70. The average Bonchev–Trinajstić information content (AvgIpc) is 3.47. The van der Waals surface area contributed by atoms with Gasteiger partial charge in [0, 0.05) is 6.54 Å². The number of nitrogens with zero attached hydrogens (tertiary/aromatic N) is 4. The van der Waals surface area contributed by atoms with E-state index in [4.69, 9.17) is 13.9 Å². The normalized spacial score (nSPS) is 10.8. The molecule has 0 atom stereocenters. The lowest BCUT2D eigenvalue weighted by atomic mass is 10.1. The minimum atomic E-state index is -0.261. The van der Waals surface area contributed by atoms with E-state index in [9.17, 15) is 4.79 Å². The molecule has 0 aliphatic rings. The molecule has 3 aromatic heterocycles. The van der Waals surface area contributed by atoms with Gasteiger partial charge in [0.15, 0.2) is 17.1 Å². The molecule has 0 fully saturated rings. The van der Waals surface area contributed by atoms with E-state index in [1.165, 1.54) is 20.5 Å². The Hall–Kier alpha value is -4.08. The first kappa shape index (κ1) is 20.2. The molecule has 0 bridgehead atoms. The molecule has 0 spiro atoms. The van der Waals surface area contributed by atoms with Gasteiger partial charge in [-0.3, -0.25) is 4.79 Å². The van der Waals surface area contributed by atoms with Crippen LogP contribution in [-0.2, 0) is 13.1 Å². The van der Waals surface area contributed by atoms with Crippen molar-refractivity contribution in [1.82, 2.24) is 25.1 Å². The van der Waals surface area contributed by atoms with E-state index in [2.05, 4.69) is 25.7 Å². The van der Waals surface area contributed by atoms with Crippen LogP contribution in [0.1, 0.15) is 16.1 Å². The van der Waals surface area contributed by atoms with Crippen LogP contribution < -0.4 is 20.1 Å². The summed E-state index contributed by atoms with van der Waals surface area (Å²) in [6.45, 7) is 1.30. The molecule has 4 aromatic rings. The van der Waals surface area contributed by atoms with Crippen molar-refractivity contribution in [3.8, 4) is 11.5 Å². The Morgan fingerprint density at radius 2 is 2.06 bits per heavy atom. The molecule has 0 saturated heterocycles. The Bertz CT molecular complexity index is 1170. The van der Waals surface area contributed by atoms with E-state index in [1.807, 2.05) is 12.1 Å². The van der Waals surface area contributed by atoms with E-state index in [1.54, 1.807) is 35.3 Å². The van der Waals surface area contributed by atoms with Gasteiger partial charge < -0.3 is 24.5 Å². The molecule has 0 aliphatic carbocycles. The third-order valence-electron chi connectivity index (χ3n) is 4.70. The molecule has 31 heavy (non-hydrogen) atoms. The maximum absolute atomic E-state index is 12.6. The first-order chi connectivity index (χ1) is 15.2. The van der Waals surface area contributed by atoms with Gasteiger partial charge in [0.2, 0.25) is 0 Å². The minimum Gasteiger partial charge on any atom is -0.493 e. The second-order valence-electron chi connectivity index (χ2n) is 6.56. The molecule has 10 nitrogen and oxygen atoms in total. The molecular weight excluding hydrogens is 400 g/mol. The summed E-state index contributed by atoms with van der Waals surface area (Å²) in [6.07, 6.45) is 4.80. The van der Waals surface area contributed by atoms with E-state index < -0.39 is 0 Å². The van der Waals surface area contributed by atoms with Crippen LogP contribution in [-0.4, -0.2) is 46.4 Å². The summed E-state index contributed by atoms with van der Waals surface area (Å²) in [4.78, 5) is 21.2. The first-order valence-corrected chi connectivity index (χ1v) is 9.63. The highest BCUT2D eigenvalue weighted by Crippen LogP contribution is 2.30. The zero-order valence-corrected chi connectivity index (χ0v) is 17.2. The minimum absolute atomic E-state index is 0.261. The van der Waals surface area contributed by atoms with Crippen molar-refractivity contribution in [2.45, 2.75) is 13.1 Å². The number of anilines is 1. The lowest BCUT2D eigenvalue weighted by molar-refractivity contribution is 0.0948. The van der Waals surface area contributed by atoms with Gasteiger partial charge in [0.25, 0.3) is 5.91 Å². The fourth-order valence-corrected chi connectivity index (χ4v) is 3.22. The second-order valence-corrected chi connectivity index (χ2v) is 6.56. The molecule has 0 saturated carbocycles. The van der Waals surface area contributed by atoms with Gasteiger partial charge in [-0.05, 0) is 24.3 Å². The summed E-state index contributed by atoms with van der Waals surface area (Å²) in [5, 5.41) is 11.3. The van der Waals surface area contributed by atoms with Crippen LogP contribution in [0.4, 0.5) is 5.82 Å². The number of rotatable bonds is 9. The number of benzene rings is 1. The molecule has 4 rings (SSSR count). The number of carbonyl (C=O) groups excluding carboxylic acids is 1. The van der Waals surface area contributed by atoms with Gasteiger partial charge >= 0.3 is 0 Å².